The quantitative estimate of drug-likeness (QED) is 0.458. The molecule has 0 atom stereocenters. The number of hydrogen-bond acceptors (Lipinski definition) is 4. The van der Waals surface area contributed by atoms with Crippen molar-refractivity contribution in [2.24, 2.45) is 0 Å². The molecular formula is C25H23BrN2O4. The number of amides is 2. The van der Waals surface area contributed by atoms with Crippen molar-refractivity contribution < 1.29 is 19.1 Å². The number of nitrogens with zero attached hydrogens (tertiary/aromatic N) is 1. The van der Waals surface area contributed by atoms with Crippen LogP contribution < -0.4 is 19.7 Å². The second kappa shape index (κ2) is 9.87. The summed E-state index contributed by atoms with van der Waals surface area (Å²) < 4.78 is 12.2. The number of carbonyl (C=O) groups is 2. The number of carbonyl (C=O) groups excluding carboxylic acids is 2. The summed E-state index contributed by atoms with van der Waals surface area (Å²) in [6.45, 7) is 2.99. The van der Waals surface area contributed by atoms with Gasteiger partial charge in [0.25, 0.3) is 11.8 Å². The summed E-state index contributed by atoms with van der Waals surface area (Å²) in [5.74, 6) is 1.08. The minimum atomic E-state index is -0.229. The topological polar surface area (TPSA) is 67.9 Å². The highest BCUT2D eigenvalue weighted by Crippen LogP contribution is 2.35. The maximum Gasteiger partial charge on any atom is 0.265 e. The van der Waals surface area contributed by atoms with E-state index in [2.05, 4.69) is 21.2 Å². The maximum atomic E-state index is 12.6. The van der Waals surface area contributed by atoms with Crippen molar-refractivity contribution in [3.8, 4) is 11.5 Å². The van der Waals surface area contributed by atoms with E-state index in [-0.39, 0.29) is 18.4 Å². The first-order chi connectivity index (χ1) is 15.5. The van der Waals surface area contributed by atoms with Gasteiger partial charge in [0.1, 0.15) is 11.5 Å². The second-order valence-corrected chi connectivity index (χ2v) is 8.42. The van der Waals surface area contributed by atoms with Crippen LogP contribution in [0, 0.1) is 6.92 Å². The Morgan fingerprint density at radius 3 is 2.78 bits per heavy atom. The molecule has 6 nitrogen and oxygen atoms in total. The van der Waals surface area contributed by atoms with Gasteiger partial charge < -0.3 is 19.7 Å². The Bertz CT molecular complexity index is 1150. The average molecular weight is 495 g/mol. The monoisotopic (exact) mass is 494 g/mol. The fourth-order valence-corrected chi connectivity index (χ4v) is 3.88. The molecule has 0 saturated carbocycles. The van der Waals surface area contributed by atoms with E-state index in [0.29, 0.717) is 42.3 Å². The first-order valence-electron chi connectivity index (χ1n) is 10.3. The van der Waals surface area contributed by atoms with Crippen LogP contribution in [0.1, 0.15) is 22.3 Å². The van der Waals surface area contributed by atoms with Crippen LogP contribution in [-0.2, 0) is 4.79 Å². The van der Waals surface area contributed by atoms with Crippen molar-refractivity contribution in [2.45, 2.75) is 13.3 Å². The van der Waals surface area contributed by atoms with Crippen LogP contribution in [-0.4, -0.2) is 31.6 Å². The summed E-state index contributed by atoms with van der Waals surface area (Å²) in [5.41, 5.74) is 2.91. The molecule has 1 aliphatic rings. The highest BCUT2D eigenvalue weighted by Gasteiger charge is 2.25. The van der Waals surface area contributed by atoms with Gasteiger partial charge >= 0.3 is 0 Å². The lowest BCUT2D eigenvalue weighted by Gasteiger charge is -2.30. The van der Waals surface area contributed by atoms with Crippen LogP contribution in [0.2, 0.25) is 0 Å². The Hall–Kier alpha value is -3.32. The normalized spacial score (nSPS) is 12.7. The van der Waals surface area contributed by atoms with Crippen LogP contribution in [0.25, 0.3) is 0 Å². The van der Waals surface area contributed by atoms with Crippen LogP contribution >= 0.6 is 15.9 Å². The molecule has 0 fully saturated rings. The third kappa shape index (κ3) is 5.29. The highest BCUT2D eigenvalue weighted by molar-refractivity contribution is 9.10. The van der Waals surface area contributed by atoms with E-state index >= 15 is 0 Å². The number of nitrogens with one attached hydrogen (secondary N) is 1. The van der Waals surface area contributed by atoms with E-state index in [0.717, 1.165) is 15.8 Å². The molecule has 0 saturated heterocycles. The Balaban J connectivity index is 1.43. The first-order valence-corrected chi connectivity index (χ1v) is 11.1. The van der Waals surface area contributed by atoms with Crippen molar-refractivity contribution in [1.29, 1.82) is 0 Å². The van der Waals surface area contributed by atoms with Gasteiger partial charge in [-0.15, -0.1) is 0 Å². The van der Waals surface area contributed by atoms with E-state index in [1.165, 1.54) is 0 Å². The predicted molar refractivity (Wildman–Crippen MR) is 128 cm³/mol. The molecule has 4 rings (SSSR count). The van der Waals surface area contributed by atoms with Crippen LogP contribution in [0.3, 0.4) is 0 Å². The molecule has 0 aliphatic carbocycles. The SMILES string of the molecule is Cc1cccc(OCCCN2C(=O)COc3ccc(NC(=O)c4cccc(Br)c4)cc32)c1. The van der Waals surface area contributed by atoms with E-state index in [1.54, 1.807) is 41.3 Å². The Morgan fingerprint density at radius 1 is 1.12 bits per heavy atom. The van der Waals surface area contributed by atoms with E-state index in [4.69, 9.17) is 9.47 Å². The van der Waals surface area contributed by atoms with E-state index in [1.807, 2.05) is 37.3 Å². The van der Waals surface area contributed by atoms with Crippen LogP contribution in [0.15, 0.2) is 71.2 Å². The lowest BCUT2D eigenvalue weighted by molar-refractivity contribution is -0.121. The van der Waals surface area contributed by atoms with Gasteiger partial charge in [-0.3, -0.25) is 9.59 Å². The van der Waals surface area contributed by atoms with Gasteiger partial charge in [-0.25, -0.2) is 0 Å². The van der Waals surface area contributed by atoms with Crippen molar-refractivity contribution >= 4 is 39.1 Å². The maximum absolute atomic E-state index is 12.6. The molecule has 164 valence electrons. The lowest BCUT2D eigenvalue weighted by atomic mass is 10.1. The van der Waals surface area contributed by atoms with Gasteiger partial charge in [0, 0.05) is 22.3 Å². The molecule has 32 heavy (non-hydrogen) atoms. The van der Waals surface area contributed by atoms with E-state index in [9.17, 15) is 9.59 Å². The number of fused-ring (bicyclic) bond motifs is 1. The third-order valence-electron chi connectivity index (χ3n) is 5.03. The van der Waals surface area contributed by atoms with Crippen molar-refractivity contribution in [1.82, 2.24) is 0 Å². The van der Waals surface area contributed by atoms with Gasteiger partial charge in [-0.2, -0.15) is 0 Å². The zero-order valence-corrected chi connectivity index (χ0v) is 19.2. The smallest absolute Gasteiger partial charge is 0.265 e. The second-order valence-electron chi connectivity index (χ2n) is 7.50. The number of ether oxygens (including phenoxy) is 2. The zero-order valence-electron chi connectivity index (χ0n) is 17.6. The molecule has 1 aliphatic heterocycles. The number of aryl methyl sites for hydroxylation is 1. The number of hydrogen-bond donors (Lipinski definition) is 1. The number of halogens is 1. The zero-order chi connectivity index (χ0) is 22.5. The molecule has 3 aromatic carbocycles. The molecule has 1 heterocycles. The Kier molecular flexibility index (Phi) is 6.75. The fourth-order valence-electron chi connectivity index (χ4n) is 3.48. The minimum Gasteiger partial charge on any atom is -0.494 e. The van der Waals surface area contributed by atoms with Crippen molar-refractivity contribution in [2.75, 3.05) is 30.0 Å². The Morgan fingerprint density at radius 2 is 1.97 bits per heavy atom. The average Bonchev–Trinajstić information content (AvgIpc) is 2.78. The van der Waals surface area contributed by atoms with Gasteiger partial charge in [0.05, 0.1) is 12.3 Å². The highest BCUT2D eigenvalue weighted by atomic mass is 79.9. The fraction of sp³-hybridized carbons (Fsp3) is 0.200. The summed E-state index contributed by atoms with van der Waals surface area (Å²) in [5, 5.41) is 2.89. The summed E-state index contributed by atoms with van der Waals surface area (Å²) >= 11 is 3.38. The molecule has 3 aromatic rings. The number of rotatable bonds is 7. The summed E-state index contributed by atoms with van der Waals surface area (Å²) in [6, 6.07) is 20.3. The first kappa shape index (κ1) is 21.9. The lowest BCUT2D eigenvalue weighted by Crippen LogP contribution is -2.39. The van der Waals surface area contributed by atoms with Crippen molar-refractivity contribution in [3.63, 3.8) is 0 Å². The van der Waals surface area contributed by atoms with Gasteiger partial charge in [-0.1, -0.05) is 34.1 Å². The molecule has 7 heteroatoms. The van der Waals surface area contributed by atoms with Gasteiger partial charge in [0.15, 0.2) is 6.61 Å². The molecule has 0 radical (unpaired) electrons. The standard InChI is InChI=1S/C25H23BrN2O4/c1-17-5-2-8-21(13-17)31-12-4-11-28-22-15-20(9-10-23(22)32-16-24(28)29)27-25(30)18-6-3-7-19(26)14-18/h2-3,5-10,13-15H,4,11-12,16H2,1H3,(H,27,30). The molecule has 0 unspecified atom stereocenters. The molecule has 0 bridgehead atoms. The summed E-state index contributed by atoms with van der Waals surface area (Å²) in [4.78, 5) is 26.8. The minimum absolute atomic E-state index is 0.00448. The van der Waals surface area contributed by atoms with Crippen LogP contribution in [0.5, 0.6) is 11.5 Å². The van der Waals surface area contributed by atoms with Gasteiger partial charge in [-0.05, 0) is 67.4 Å². The predicted octanol–water partition coefficient (Wildman–Crippen LogP) is 5.20. The van der Waals surface area contributed by atoms with Crippen molar-refractivity contribution in [3.05, 3.63) is 82.3 Å². The number of benzene rings is 3. The van der Waals surface area contributed by atoms with E-state index < -0.39 is 0 Å². The third-order valence-corrected chi connectivity index (χ3v) is 5.52. The summed E-state index contributed by atoms with van der Waals surface area (Å²) in [6.07, 6.45) is 0.660. The molecule has 1 N–H and O–H groups in total. The molecule has 2 amide bonds. The van der Waals surface area contributed by atoms with Gasteiger partial charge in [0.2, 0.25) is 0 Å². The molecule has 0 spiro atoms. The Labute approximate surface area is 195 Å². The molecule has 0 aromatic heterocycles. The van der Waals surface area contributed by atoms with Crippen LogP contribution in [0.4, 0.5) is 11.4 Å². The number of anilines is 2. The largest absolute Gasteiger partial charge is 0.494 e. The molecular weight excluding hydrogens is 472 g/mol. The summed E-state index contributed by atoms with van der Waals surface area (Å²) in [7, 11) is 0.